The molecule has 0 aliphatic carbocycles. The van der Waals surface area contributed by atoms with Crippen molar-refractivity contribution in [2.24, 2.45) is 0 Å². The van der Waals surface area contributed by atoms with Crippen LogP contribution in [0.3, 0.4) is 0 Å². The largest absolute Gasteiger partial charge is 0.423 e. The lowest BCUT2D eigenvalue weighted by Crippen LogP contribution is -2.22. The Kier molecular flexibility index (Phi) is 2.80. The average molecular weight is 256 g/mol. The first-order valence-corrected chi connectivity index (χ1v) is 5.25. The summed E-state index contributed by atoms with van der Waals surface area (Å²) in [5, 5.41) is 2.34. The van der Waals surface area contributed by atoms with Gasteiger partial charge in [-0.3, -0.25) is 9.89 Å². The number of aryl methyl sites for hydroxylation is 2. The molecule has 18 heavy (non-hydrogen) atoms. The van der Waals surface area contributed by atoms with Crippen molar-refractivity contribution < 1.29 is 13.2 Å². The van der Waals surface area contributed by atoms with E-state index in [0.29, 0.717) is 11.9 Å². The van der Waals surface area contributed by atoms with Crippen molar-refractivity contribution in [3.63, 3.8) is 0 Å². The lowest BCUT2D eigenvalue weighted by atomic mass is 10.1. The van der Waals surface area contributed by atoms with Gasteiger partial charge in [0.05, 0.1) is 5.69 Å². The van der Waals surface area contributed by atoms with Gasteiger partial charge in [-0.25, -0.2) is 4.68 Å². The second kappa shape index (κ2) is 4.04. The standard InChI is InChI=1S/C12H11F3N2O/c1-7-3-8(2)5-9(4-7)17-11(18)10(6-16-17)12(13,14)15/h3-6,16H,1-2H3. The lowest BCUT2D eigenvalue weighted by Gasteiger charge is -2.05. The van der Waals surface area contributed by atoms with E-state index in [1.807, 2.05) is 19.9 Å². The maximum Gasteiger partial charge on any atom is 0.423 e. The van der Waals surface area contributed by atoms with E-state index in [1.54, 1.807) is 12.1 Å². The second-order valence-corrected chi connectivity index (χ2v) is 4.17. The molecule has 6 heteroatoms. The van der Waals surface area contributed by atoms with Gasteiger partial charge >= 0.3 is 6.18 Å². The molecule has 3 nitrogen and oxygen atoms in total. The van der Waals surface area contributed by atoms with E-state index in [2.05, 4.69) is 5.10 Å². The van der Waals surface area contributed by atoms with Crippen LogP contribution < -0.4 is 5.56 Å². The third-order valence-corrected chi connectivity index (χ3v) is 2.54. The molecule has 1 aromatic carbocycles. The molecular formula is C12H11F3N2O. The fraction of sp³-hybridized carbons (Fsp3) is 0.250. The Morgan fingerprint density at radius 2 is 1.67 bits per heavy atom. The zero-order chi connectivity index (χ0) is 13.5. The number of hydrogen-bond acceptors (Lipinski definition) is 1. The lowest BCUT2D eigenvalue weighted by molar-refractivity contribution is -0.138. The Balaban J connectivity index is 2.60. The number of benzene rings is 1. The molecule has 1 heterocycles. The number of nitrogens with zero attached hydrogens (tertiary/aromatic N) is 1. The molecule has 1 N–H and O–H groups in total. The predicted octanol–water partition coefficient (Wildman–Crippen LogP) is 2.80. The maximum atomic E-state index is 12.5. The monoisotopic (exact) mass is 256 g/mol. The van der Waals surface area contributed by atoms with Crippen LogP contribution in [0, 0.1) is 13.8 Å². The quantitative estimate of drug-likeness (QED) is 0.837. The molecule has 0 unspecified atom stereocenters. The highest BCUT2D eigenvalue weighted by Crippen LogP contribution is 2.26. The number of alkyl halides is 3. The summed E-state index contributed by atoms with van der Waals surface area (Å²) in [7, 11) is 0. The minimum Gasteiger partial charge on any atom is -0.298 e. The topological polar surface area (TPSA) is 37.8 Å². The van der Waals surface area contributed by atoms with Crippen LogP contribution in [0.4, 0.5) is 13.2 Å². The fourth-order valence-corrected chi connectivity index (χ4v) is 1.84. The number of nitrogens with one attached hydrogen (secondary N) is 1. The van der Waals surface area contributed by atoms with Crippen LogP contribution in [0.1, 0.15) is 16.7 Å². The molecule has 0 amide bonds. The molecule has 0 spiro atoms. The van der Waals surface area contributed by atoms with E-state index < -0.39 is 17.3 Å². The van der Waals surface area contributed by atoms with Gasteiger partial charge in [-0.15, -0.1) is 0 Å². The molecule has 0 fully saturated rings. The fourth-order valence-electron chi connectivity index (χ4n) is 1.84. The van der Waals surface area contributed by atoms with Crippen LogP contribution in [-0.2, 0) is 6.18 Å². The number of aromatic nitrogens is 2. The highest BCUT2D eigenvalue weighted by Gasteiger charge is 2.35. The van der Waals surface area contributed by atoms with Gasteiger partial charge in [0.15, 0.2) is 0 Å². The van der Waals surface area contributed by atoms with Gasteiger partial charge in [-0.2, -0.15) is 13.2 Å². The van der Waals surface area contributed by atoms with Crippen molar-refractivity contribution in [3.8, 4) is 5.69 Å². The molecule has 0 aliphatic rings. The Morgan fingerprint density at radius 1 is 1.11 bits per heavy atom. The van der Waals surface area contributed by atoms with Crippen molar-refractivity contribution >= 4 is 0 Å². The Morgan fingerprint density at radius 3 is 2.11 bits per heavy atom. The summed E-state index contributed by atoms with van der Waals surface area (Å²) >= 11 is 0. The van der Waals surface area contributed by atoms with E-state index in [1.165, 1.54) is 0 Å². The van der Waals surface area contributed by atoms with Crippen molar-refractivity contribution in [2.75, 3.05) is 0 Å². The highest BCUT2D eigenvalue weighted by molar-refractivity contribution is 5.39. The number of aromatic amines is 1. The molecule has 1 aromatic heterocycles. The van der Waals surface area contributed by atoms with E-state index in [-0.39, 0.29) is 0 Å². The normalized spacial score (nSPS) is 11.8. The molecule has 96 valence electrons. The van der Waals surface area contributed by atoms with E-state index in [4.69, 9.17) is 0 Å². The molecular weight excluding hydrogens is 245 g/mol. The number of halogens is 3. The zero-order valence-corrected chi connectivity index (χ0v) is 9.80. The first-order chi connectivity index (χ1) is 8.29. The van der Waals surface area contributed by atoms with Crippen LogP contribution in [0.5, 0.6) is 0 Å². The number of rotatable bonds is 1. The minimum absolute atomic E-state index is 0.396. The molecule has 0 radical (unpaired) electrons. The second-order valence-electron chi connectivity index (χ2n) is 4.17. The first-order valence-electron chi connectivity index (χ1n) is 5.25. The van der Waals surface area contributed by atoms with Gasteiger partial charge in [0.25, 0.3) is 5.56 Å². The first kappa shape index (κ1) is 12.5. The summed E-state index contributed by atoms with van der Waals surface area (Å²) in [6, 6.07) is 5.16. The summed E-state index contributed by atoms with van der Waals surface area (Å²) in [5.41, 5.74) is -0.137. The van der Waals surface area contributed by atoms with Gasteiger partial charge in [0.2, 0.25) is 0 Å². The summed E-state index contributed by atoms with van der Waals surface area (Å²) in [4.78, 5) is 11.7. The maximum absolute atomic E-state index is 12.5. The van der Waals surface area contributed by atoms with Gasteiger partial charge in [0.1, 0.15) is 5.56 Å². The van der Waals surface area contributed by atoms with Crippen LogP contribution in [0.25, 0.3) is 5.69 Å². The van der Waals surface area contributed by atoms with Crippen molar-refractivity contribution in [3.05, 3.63) is 51.4 Å². The van der Waals surface area contributed by atoms with Gasteiger partial charge < -0.3 is 0 Å². The van der Waals surface area contributed by atoms with Gasteiger partial charge in [0, 0.05) is 6.20 Å². The SMILES string of the molecule is Cc1cc(C)cc(-n2[nH]cc(C(F)(F)F)c2=O)c1. The van der Waals surface area contributed by atoms with Gasteiger partial charge in [-0.05, 0) is 37.1 Å². The Hall–Kier alpha value is -1.98. The minimum atomic E-state index is -4.64. The van der Waals surface area contributed by atoms with E-state index >= 15 is 0 Å². The Bertz CT molecular complexity index is 617. The predicted molar refractivity (Wildman–Crippen MR) is 60.9 cm³/mol. The molecule has 0 saturated carbocycles. The van der Waals surface area contributed by atoms with E-state index in [9.17, 15) is 18.0 Å². The summed E-state index contributed by atoms with van der Waals surface area (Å²) < 4.78 is 38.4. The summed E-state index contributed by atoms with van der Waals surface area (Å²) in [6.07, 6.45) is -3.96. The molecule has 2 aromatic rings. The summed E-state index contributed by atoms with van der Waals surface area (Å²) in [6.45, 7) is 3.63. The molecule has 0 aliphatic heterocycles. The highest BCUT2D eigenvalue weighted by atomic mass is 19.4. The third-order valence-electron chi connectivity index (χ3n) is 2.54. The smallest absolute Gasteiger partial charge is 0.298 e. The number of H-pyrrole nitrogens is 1. The molecule has 2 rings (SSSR count). The molecule has 0 atom stereocenters. The third kappa shape index (κ3) is 2.18. The molecule has 0 saturated heterocycles. The Labute approximate surface area is 101 Å². The van der Waals surface area contributed by atoms with Gasteiger partial charge in [-0.1, -0.05) is 6.07 Å². The molecule has 0 bridgehead atoms. The van der Waals surface area contributed by atoms with Crippen molar-refractivity contribution in [1.82, 2.24) is 9.78 Å². The van der Waals surface area contributed by atoms with Crippen LogP contribution in [0.2, 0.25) is 0 Å². The van der Waals surface area contributed by atoms with Crippen LogP contribution in [0.15, 0.2) is 29.2 Å². The average Bonchev–Trinajstić information content (AvgIpc) is 2.57. The van der Waals surface area contributed by atoms with Crippen molar-refractivity contribution in [2.45, 2.75) is 20.0 Å². The zero-order valence-electron chi connectivity index (χ0n) is 9.80. The van der Waals surface area contributed by atoms with Crippen molar-refractivity contribution in [1.29, 1.82) is 0 Å². The van der Waals surface area contributed by atoms with Crippen LogP contribution >= 0.6 is 0 Å². The number of hydrogen-bond donors (Lipinski definition) is 1. The van der Waals surface area contributed by atoms with Crippen LogP contribution in [-0.4, -0.2) is 9.78 Å². The van der Waals surface area contributed by atoms with E-state index in [0.717, 1.165) is 15.8 Å². The summed E-state index contributed by atoms with van der Waals surface area (Å²) in [5.74, 6) is 0.